The second-order valence-corrected chi connectivity index (χ2v) is 6.73. The number of rotatable bonds is 5. The summed E-state index contributed by atoms with van der Waals surface area (Å²) in [6.45, 7) is 7.57. The molecule has 0 saturated carbocycles. The van der Waals surface area contributed by atoms with E-state index >= 15 is 0 Å². The predicted octanol–water partition coefficient (Wildman–Crippen LogP) is 2.43. The zero-order valence-corrected chi connectivity index (χ0v) is 15.0. The number of hydrogen-bond donors (Lipinski definition) is 0. The number of nitrogens with zero attached hydrogens (tertiary/aromatic N) is 4. The number of amides is 1. The Morgan fingerprint density at radius 1 is 1.24 bits per heavy atom. The zero-order chi connectivity index (χ0) is 17.6. The summed E-state index contributed by atoms with van der Waals surface area (Å²) in [5.74, 6) is 1.26. The molecule has 2 heterocycles. The van der Waals surface area contributed by atoms with Crippen molar-refractivity contribution >= 4 is 5.91 Å². The lowest BCUT2D eigenvalue weighted by Gasteiger charge is -2.29. The van der Waals surface area contributed by atoms with E-state index in [1.165, 1.54) is 5.56 Å². The Morgan fingerprint density at radius 3 is 2.76 bits per heavy atom. The molecular formula is C19H26N4O2. The first-order chi connectivity index (χ1) is 12.1. The van der Waals surface area contributed by atoms with Crippen molar-refractivity contribution in [1.82, 2.24) is 20.0 Å². The van der Waals surface area contributed by atoms with Gasteiger partial charge >= 0.3 is 0 Å². The minimum absolute atomic E-state index is 0.171. The summed E-state index contributed by atoms with van der Waals surface area (Å²) >= 11 is 0. The fraction of sp³-hybridized carbons (Fsp3) is 0.526. The van der Waals surface area contributed by atoms with Gasteiger partial charge in [-0.15, -0.1) is 10.2 Å². The van der Waals surface area contributed by atoms with Crippen molar-refractivity contribution in [2.45, 2.75) is 45.7 Å². The topological polar surface area (TPSA) is 62.5 Å². The van der Waals surface area contributed by atoms with Crippen LogP contribution in [0.5, 0.6) is 0 Å². The summed E-state index contributed by atoms with van der Waals surface area (Å²) in [7, 11) is 0. The van der Waals surface area contributed by atoms with Crippen molar-refractivity contribution in [3.8, 4) is 0 Å². The van der Waals surface area contributed by atoms with Crippen LogP contribution < -0.4 is 0 Å². The fourth-order valence-corrected chi connectivity index (χ4v) is 3.40. The Hall–Kier alpha value is -2.21. The minimum atomic E-state index is 0.171. The lowest BCUT2D eigenvalue weighted by Crippen LogP contribution is -2.42. The first kappa shape index (κ1) is 17.6. The Labute approximate surface area is 148 Å². The van der Waals surface area contributed by atoms with Gasteiger partial charge in [-0.25, -0.2) is 0 Å². The average molecular weight is 342 g/mol. The summed E-state index contributed by atoms with van der Waals surface area (Å²) in [5, 5.41) is 7.77. The first-order valence-corrected chi connectivity index (χ1v) is 8.96. The molecule has 0 N–H and O–H groups in total. The van der Waals surface area contributed by atoms with Crippen LogP contribution in [0, 0.1) is 6.92 Å². The van der Waals surface area contributed by atoms with E-state index in [1.807, 2.05) is 11.0 Å². The summed E-state index contributed by atoms with van der Waals surface area (Å²) in [4.78, 5) is 17.1. The Morgan fingerprint density at radius 2 is 2.04 bits per heavy atom. The molecule has 1 saturated heterocycles. The van der Waals surface area contributed by atoms with Gasteiger partial charge in [-0.3, -0.25) is 9.69 Å². The summed E-state index contributed by atoms with van der Waals surface area (Å²) in [6.07, 6.45) is 1.93. The highest BCUT2D eigenvalue weighted by Gasteiger charge is 2.25. The molecule has 25 heavy (non-hydrogen) atoms. The Kier molecular flexibility index (Phi) is 5.81. The van der Waals surface area contributed by atoms with Gasteiger partial charge in [-0.2, -0.15) is 0 Å². The molecule has 0 bridgehead atoms. The van der Waals surface area contributed by atoms with Gasteiger partial charge in [0.1, 0.15) is 0 Å². The van der Waals surface area contributed by atoms with Crippen LogP contribution in [-0.4, -0.2) is 51.6 Å². The Bertz CT molecular complexity index is 686. The maximum atomic E-state index is 12.6. The van der Waals surface area contributed by atoms with Crippen molar-refractivity contribution in [3.05, 3.63) is 47.7 Å². The molecule has 1 atom stereocenters. The molecule has 0 spiro atoms. The van der Waals surface area contributed by atoms with E-state index in [0.29, 0.717) is 24.6 Å². The van der Waals surface area contributed by atoms with E-state index in [-0.39, 0.29) is 11.9 Å². The molecule has 1 amide bonds. The number of aryl methyl sites for hydroxylation is 2. The van der Waals surface area contributed by atoms with Crippen molar-refractivity contribution in [1.29, 1.82) is 0 Å². The molecule has 1 aliphatic heterocycles. The van der Waals surface area contributed by atoms with E-state index in [0.717, 1.165) is 32.6 Å². The number of carbonyl (C=O) groups is 1. The molecule has 0 radical (unpaired) electrons. The van der Waals surface area contributed by atoms with Crippen LogP contribution in [0.3, 0.4) is 0 Å². The molecule has 134 valence electrons. The highest BCUT2D eigenvalue weighted by Crippen LogP contribution is 2.15. The van der Waals surface area contributed by atoms with Crippen LogP contribution in [0.2, 0.25) is 0 Å². The third-order valence-corrected chi connectivity index (χ3v) is 4.62. The second-order valence-electron chi connectivity index (χ2n) is 6.73. The summed E-state index contributed by atoms with van der Waals surface area (Å²) in [5.41, 5.74) is 1.32. The monoisotopic (exact) mass is 342 g/mol. The SMILES string of the molecule is Cc1nnc(CCC(=O)N2CCCN(Cc3ccccc3)CC2C)o1. The third-order valence-electron chi connectivity index (χ3n) is 4.62. The maximum absolute atomic E-state index is 12.6. The molecule has 6 nitrogen and oxygen atoms in total. The van der Waals surface area contributed by atoms with Gasteiger partial charge in [-0.1, -0.05) is 30.3 Å². The standard InChI is InChI=1S/C19H26N4O2/c1-15-13-22(14-17-7-4-3-5-8-17)11-6-12-23(15)19(24)10-9-18-21-20-16(2)25-18/h3-5,7-8,15H,6,9-14H2,1-2H3. The van der Waals surface area contributed by atoms with Crippen molar-refractivity contribution in [2.24, 2.45) is 0 Å². The van der Waals surface area contributed by atoms with Gasteiger partial charge in [0.05, 0.1) is 0 Å². The Balaban J connectivity index is 1.53. The van der Waals surface area contributed by atoms with Crippen LogP contribution in [0.4, 0.5) is 0 Å². The van der Waals surface area contributed by atoms with E-state index in [4.69, 9.17) is 4.42 Å². The molecule has 2 aromatic rings. The van der Waals surface area contributed by atoms with Gasteiger partial charge in [0, 0.05) is 52.0 Å². The van der Waals surface area contributed by atoms with Gasteiger partial charge in [0.2, 0.25) is 17.7 Å². The molecular weight excluding hydrogens is 316 g/mol. The highest BCUT2D eigenvalue weighted by molar-refractivity contribution is 5.76. The molecule has 0 aliphatic carbocycles. The molecule has 6 heteroatoms. The molecule has 1 aromatic heterocycles. The molecule has 1 fully saturated rings. The summed E-state index contributed by atoms with van der Waals surface area (Å²) in [6, 6.07) is 10.7. The van der Waals surface area contributed by atoms with Crippen molar-refractivity contribution < 1.29 is 9.21 Å². The third kappa shape index (κ3) is 4.89. The highest BCUT2D eigenvalue weighted by atomic mass is 16.4. The molecule has 1 aromatic carbocycles. The van der Waals surface area contributed by atoms with Crippen LogP contribution in [0.25, 0.3) is 0 Å². The van der Waals surface area contributed by atoms with Crippen molar-refractivity contribution in [3.63, 3.8) is 0 Å². The maximum Gasteiger partial charge on any atom is 0.223 e. The van der Waals surface area contributed by atoms with E-state index in [1.54, 1.807) is 6.92 Å². The number of hydrogen-bond acceptors (Lipinski definition) is 5. The number of benzene rings is 1. The van der Waals surface area contributed by atoms with Gasteiger partial charge < -0.3 is 9.32 Å². The normalized spacial score (nSPS) is 19.0. The fourth-order valence-electron chi connectivity index (χ4n) is 3.40. The van der Waals surface area contributed by atoms with E-state index in [9.17, 15) is 4.79 Å². The van der Waals surface area contributed by atoms with Crippen LogP contribution in [0.15, 0.2) is 34.7 Å². The first-order valence-electron chi connectivity index (χ1n) is 8.96. The van der Waals surface area contributed by atoms with Gasteiger partial charge in [0.25, 0.3) is 0 Å². The largest absolute Gasteiger partial charge is 0.426 e. The predicted molar refractivity (Wildman–Crippen MR) is 94.9 cm³/mol. The zero-order valence-electron chi connectivity index (χ0n) is 15.0. The van der Waals surface area contributed by atoms with E-state index < -0.39 is 0 Å². The van der Waals surface area contributed by atoms with Gasteiger partial charge in [-0.05, 0) is 18.9 Å². The van der Waals surface area contributed by atoms with Crippen LogP contribution >= 0.6 is 0 Å². The van der Waals surface area contributed by atoms with Crippen LogP contribution in [-0.2, 0) is 17.8 Å². The van der Waals surface area contributed by atoms with Crippen molar-refractivity contribution in [2.75, 3.05) is 19.6 Å². The quantitative estimate of drug-likeness (QED) is 0.835. The van der Waals surface area contributed by atoms with Gasteiger partial charge in [0.15, 0.2) is 0 Å². The second kappa shape index (κ2) is 8.25. The number of aromatic nitrogens is 2. The molecule has 1 unspecified atom stereocenters. The molecule has 1 aliphatic rings. The lowest BCUT2D eigenvalue weighted by molar-refractivity contribution is -0.133. The minimum Gasteiger partial charge on any atom is -0.426 e. The summed E-state index contributed by atoms with van der Waals surface area (Å²) < 4.78 is 5.36. The number of carbonyl (C=O) groups excluding carboxylic acids is 1. The van der Waals surface area contributed by atoms with E-state index in [2.05, 4.69) is 46.3 Å². The van der Waals surface area contributed by atoms with Crippen LogP contribution in [0.1, 0.15) is 37.1 Å². The smallest absolute Gasteiger partial charge is 0.223 e. The molecule has 3 rings (SSSR count). The lowest BCUT2D eigenvalue weighted by atomic mass is 10.2. The average Bonchev–Trinajstić information content (AvgIpc) is 2.93.